The number of aliphatic hydroxyl groups excluding tert-OH is 9. The largest absolute Gasteiger partial charge is 0.445 e. The lowest BCUT2D eigenvalue weighted by molar-refractivity contribution is -0.121. The van der Waals surface area contributed by atoms with Crippen molar-refractivity contribution in [2.24, 2.45) is 27.1 Å². The molecule has 0 aromatic heterocycles. The van der Waals surface area contributed by atoms with E-state index in [4.69, 9.17) is 25.4 Å². The minimum absolute atomic E-state index is 0. The van der Waals surface area contributed by atoms with E-state index in [-0.39, 0.29) is 114 Å². The number of nitrogens with one attached hydrogen (secondary N) is 2. The third kappa shape index (κ3) is 54.0. The number of benzene rings is 6. The molecule has 0 saturated carbocycles. The summed E-state index contributed by atoms with van der Waals surface area (Å²) >= 11 is 0. The molecule has 0 spiro atoms. The summed E-state index contributed by atoms with van der Waals surface area (Å²) in [6, 6.07) is 49.8. The average molecular weight is 1850 g/mol. The van der Waals surface area contributed by atoms with Gasteiger partial charge in [0.1, 0.15) is 6.61 Å². The van der Waals surface area contributed by atoms with Gasteiger partial charge < -0.3 is 75.5 Å². The van der Waals surface area contributed by atoms with Gasteiger partial charge in [-0.25, -0.2) is 4.79 Å². The van der Waals surface area contributed by atoms with Crippen molar-refractivity contribution in [3.8, 4) is 12.3 Å². The molecule has 0 aliphatic carbocycles. The van der Waals surface area contributed by atoms with Gasteiger partial charge in [-0.3, -0.25) is 4.79 Å². The molecule has 0 bridgehead atoms. The standard InChI is InChI=1S/C78H136N2O12.C36H46O3.2CH4/c81-57-26-45-75(46-27-58-82,47-28-59-83)39-18-6-1-2-7-20-41-77(42-21-8-3-4-9-23-44-78(54-65-89,51-32-63-87)52-33-64-88,43-22-11-5-10-19-40-76(48-29-60-84,49-30-61-85)50-31-62-86)53-38-73(90)79-55-24-12-13-25-56-80-74(91)92-67-72-70-36-16-14-34-68(70)66-69-35-15-17-37-71(69)72;1-2-3-13-23-36(24-14-27-37-30-33-17-7-4-8-18-33,25-15-28-38-31-34-19-9-5-10-20-34)26-16-29-39-32-35-21-11-6-12-22-35;;/h14-17,34-37,66,81-89H,1-13,18-33,38-65,67H2,(H,79,90)(H,80,91);1,4-12,17-22H,3,13-16,23-32H2;2*1H4. The summed E-state index contributed by atoms with van der Waals surface area (Å²) in [4.78, 5) is 26.7. The predicted molar refractivity (Wildman–Crippen MR) is 553 cm³/mol. The van der Waals surface area contributed by atoms with Gasteiger partial charge in [-0.2, -0.15) is 0 Å². The molecule has 133 heavy (non-hydrogen) atoms. The van der Waals surface area contributed by atoms with E-state index in [1.807, 2.05) is 42.5 Å². The number of fused-ring (bicyclic) bond motifs is 2. The minimum atomic E-state index is -0.417. The van der Waals surface area contributed by atoms with Crippen LogP contribution < -0.4 is 10.6 Å². The van der Waals surface area contributed by atoms with E-state index in [2.05, 4.69) is 120 Å². The Labute approximate surface area is 808 Å². The van der Waals surface area contributed by atoms with Crippen LogP contribution in [0.15, 0.2) is 146 Å². The summed E-state index contributed by atoms with van der Waals surface area (Å²) in [5, 5.41) is 98.5. The fourth-order valence-corrected chi connectivity index (χ4v) is 21.0. The van der Waals surface area contributed by atoms with Crippen molar-refractivity contribution in [1.82, 2.24) is 10.6 Å². The number of aliphatic hydroxyl groups is 9. The second-order valence-corrected chi connectivity index (χ2v) is 38.6. The first-order valence-electron chi connectivity index (χ1n) is 52.1. The lowest BCUT2D eigenvalue weighted by atomic mass is 9.70. The first-order valence-corrected chi connectivity index (χ1v) is 52.1. The monoisotopic (exact) mass is 1850 g/mol. The maximum Gasteiger partial charge on any atom is 0.407 e. The van der Waals surface area contributed by atoms with Crippen LogP contribution in [0, 0.1) is 39.4 Å². The average Bonchev–Trinajstić information content (AvgIpc) is 0.776. The predicted octanol–water partition coefficient (Wildman–Crippen LogP) is 26.2. The summed E-state index contributed by atoms with van der Waals surface area (Å²) in [6.45, 7) is 7.13. The Morgan fingerprint density at radius 1 is 0.278 bits per heavy atom. The molecule has 6 rings (SSSR count). The van der Waals surface area contributed by atoms with Crippen molar-refractivity contribution in [2.45, 2.75) is 394 Å². The normalized spacial score (nSPS) is 12.3. The second-order valence-electron chi connectivity index (χ2n) is 38.6. The molecule has 0 aliphatic heterocycles. The first-order chi connectivity index (χ1) is 64.3. The van der Waals surface area contributed by atoms with Crippen LogP contribution in [0.2, 0.25) is 0 Å². The molecule has 0 aliphatic rings. The number of unbranched alkanes of at least 4 members (excludes halogenated alkanes) is 18. The van der Waals surface area contributed by atoms with E-state index < -0.39 is 6.09 Å². The maximum atomic E-state index is 13.9. The lowest BCUT2D eigenvalue weighted by Crippen LogP contribution is -2.28. The zero-order chi connectivity index (χ0) is 93.8. The van der Waals surface area contributed by atoms with Crippen LogP contribution in [0.3, 0.4) is 0 Å². The van der Waals surface area contributed by atoms with Gasteiger partial charge in [-0.1, -0.05) is 276 Å². The first kappa shape index (κ1) is 121. The van der Waals surface area contributed by atoms with Gasteiger partial charge in [-0.05, 0) is 290 Å². The van der Waals surface area contributed by atoms with Crippen LogP contribution in [0.5, 0.6) is 0 Å². The third-order valence-electron chi connectivity index (χ3n) is 28.5. The number of hydrogen-bond acceptors (Lipinski definition) is 15. The Hall–Kier alpha value is -6.34. The molecular weight excluding hydrogens is 1660 g/mol. The van der Waals surface area contributed by atoms with Crippen LogP contribution in [-0.2, 0) is 50.2 Å². The van der Waals surface area contributed by atoms with Crippen LogP contribution in [0.25, 0.3) is 21.5 Å². The Kier molecular flexibility index (Phi) is 71.4. The van der Waals surface area contributed by atoms with Gasteiger partial charge in [0.2, 0.25) is 5.91 Å². The van der Waals surface area contributed by atoms with Crippen molar-refractivity contribution >= 4 is 33.5 Å². The molecule has 11 N–H and O–H groups in total. The summed E-state index contributed by atoms with van der Waals surface area (Å²) in [5.74, 6) is 2.98. The highest BCUT2D eigenvalue weighted by Crippen LogP contribution is 2.46. The van der Waals surface area contributed by atoms with Crippen LogP contribution in [0.1, 0.15) is 390 Å². The highest BCUT2D eigenvalue weighted by molar-refractivity contribution is 6.02. The van der Waals surface area contributed by atoms with E-state index in [1.54, 1.807) is 0 Å². The molecule has 1 unspecified atom stereocenters. The number of hydrogen-bond donors (Lipinski definition) is 11. The molecule has 0 fully saturated rings. The molecule has 0 saturated heterocycles. The van der Waals surface area contributed by atoms with Crippen LogP contribution >= 0.6 is 0 Å². The zero-order valence-corrected chi connectivity index (χ0v) is 81.5. The molecule has 6 aromatic carbocycles. The lowest BCUT2D eigenvalue weighted by Gasteiger charge is -2.35. The van der Waals surface area contributed by atoms with Gasteiger partial charge in [-0.15, -0.1) is 12.3 Å². The van der Waals surface area contributed by atoms with Crippen molar-refractivity contribution < 1.29 is 74.5 Å². The van der Waals surface area contributed by atoms with Crippen LogP contribution in [-0.4, -0.2) is 150 Å². The van der Waals surface area contributed by atoms with E-state index in [1.165, 1.54) is 29.5 Å². The van der Waals surface area contributed by atoms with E-state index in [0.29, 0.717) is 45.8 Å². The van der Waals surface area contributed by atoms with E-state index in [9.17, 15) is 55.5 Å². The highest BCUT2D eigenvalue weighted by atomic mass is 16.5. The van der Waals surface area contributed by atoms with Gasteiger partial charge in [0, 0.05) is 111 Å². The minimum Gasteiger partial charge on any atom is -0.445 e. The number of rotatable bonds is 85. The Morgan fingerprint density at radius 2 is 0.541 bits per heavy atom. The molecule has 0 heterocycles. The van der Waals surface area contributed by atoms with Gasteiger partial charge in [0.15, 0.2) is 0 Å². The molecule has 754 valence electrons. The summed E-state index contributed by atoms with van der Waals surface area (Å²) in [7, 11) is 0. The van der Waals surface area contributed by atoms with Gasteiger partial charge >= 0.3 is 6.09 Å². The fraction of sp³-hybridized carbons (Fsp3) is 0.690. The Bertz CT molecular complexity index is 3520. The number of carbonyl (C=O) groups excluding carboxylic acids is 2. The fourth-order valence-electron chi connectivity index (χ4n) is 21.0. The second kappa shape index (κ2) is 78.6. The molecule has 17 heteroatoms. The number of alkyl carbamates (subject to hydrolysis) is 1. The number of ether oxygens (including phenoxy) is 4. The molecular formula is C116H190N2O15. The molecule has 2 amide bonds. The SMILES string of the molecule is C.C.C#CCCCC(CCCOCc1ccccc1)(CCCOCc1ccccc1)CCCOCc1ccccc1.O=C(CCC(CCCCCCCCC(CCO)(CCCO)CCCO)(CCCCCCCCC(CCCO)(CCCO)CCCO)CCCCCCCC(CCCO)(CCCO)CCCO)NCCCCCCNC(=O)OCc1c2ccccc2cc2ccccc12. The number of amides is 2. The molecule has 0 radical (unpaired) electrons. The number of carbonyl (C=O) groups is 2. The topological polar surface area (TPSA) is 277 Å². The van der Waals surface area contributed by atoms with Crippen molar-refractivity contribution in [3.05, 3.63) is 168 Å². The molecule has 17 nitrogen and oxygen atoms in total. The van der Waals surface area contributed by atoms with Gasteiger partial charge in [0.25, 0.3) is 0 Å². The molecule has 6 aromatic rings. The third-order valence-corrected chi connectivity index (χ3v) is 28.5. The highest BCUT2D eigenvalue weighted by Gasteiger charge is 2.34. The summed E-state index contributed by atoms with van der Waals surface area (Å²) < 4.78 is 23.9. The van der Waals surface area contributed by atoms with E-state index in [0.717, 1.165) is 374 Å². The van der Waals surface area contributed by atoms with Gasteiger partial charge in [0.05, 0.1) is 19.8 Å². The number of terminal acetylenes is 1. The summed E-state index contributed by atoms with van der Waals surface area (Å²) in [6.07, 6.45) is 59.8. The van der Waals surface area contributed by atoms with Crippen molar-refractivity contribution in [1.29, 1.82) is 0 Å². The molecule has 1 atom stereocenters. The van der Waals surface area contributed by atoms with Crippen LogP contribution in [0.4, 0.5) is 4.79 Å². The van der Waals surface area contributed by atoms with Crippen molar-refractivity contribution in [3.63, 3.8) is 0 Å². The smallest absolute Gasteiger partial charge is 0.407 e. The summed E-state index contributed by atoms with van der Waals surface area (Å²) in [5.41, 5.74) is 5.07. The zero-order valence-electron chi connectivity index (χ0n) is 81.5. The quantitative estimate of drug-likeness (QED) is 0.00962. The Balaban J connectivity index is 0.000000921. The van der Waals surface area contributed by atoms with E-state index >= 15 is 0 Å². The maximum absolute atomic E-state index is 13.9. The Morgan fingerprint density at radius 3 is 0.857 bits per heavy atom. The van der Waals surface area contributed by atoms with Crippen molar-refractivity contribution in [2.75, 3.05) is 92.4 Å².